The summed E-state index contributed by atoms with van der Waals surface area (Å²) in [6.07, 6.45) is 2.71. The Morgan fingerprint density at radius 2 is 1.79 bits per heavy atom. The summed E-state index contributed by atoms with van der Waals surface area (Å²) in [5.41, 5.74) is 0.830. The van der Waals surface area contributed by atoms with E-state index in [-0.39, 0.29) is 0 Å². The van der Waals surface area contributed by atoms with Crippen molar-refractivity contribution in [3.63, 3.8) is 0 Å². The van der Waals surface area contributed by atoms with E-state index in [4.69, 9.17) is 4.74 Å². The van der Waals surface area contributed by atoms with E-state index in [0.717, 1.165) is 17.6 Å². The molecule has 0 radical (unpaired) electrons. The van der Waals surface area contributed by atoms with E-state index in [0.29, 0.717) is 0 Å². The number of methoxy groups -OCH3 is 1. The molecule has 0 saturated heterocycles. The van der Waals surface area contributed by atoms with Gasteiger partial charge in [-0.2, -0.15) is 0 Å². The molecular formula is C10H12O3S. The summed E-state index contributed by atoms with van der Waals surface area (Å²) >= 11 is 0. The highest BCUT2D eigenvalue weighted by molar-refractivity contribution is 7.93. The topological polar surface area (TPSA) is 43.4 Å². The fourth-order valence-electron chi connectivity index (χ4n) is 0.917. The molecule has 0 aliphatic heterocycles. The lowest BCUT2D eigenvalue weighted by Crippen LogP contribution is -1.87. The highest BCUT2D eigenvalue weighted by atomic mass is 32.2. The van der Waals surface area contributed by atoms with Crippen molar-refractivity contribution >= 4 is 15.9 Å². The summed E-state index contributed by atoms with van der Waals surface area (Å²) in [6, 6.07) is 7.14. The van der Waals surface area contributed by atoms with Crippen molar-refractivity contribution in [1.29, 1.82) is 0 Å². The zero-order valence-corrected chi connectivity index (χ0v) is 8.91. The molecule has 0 amide bonds. The Morgan fingerprint density at radius 1 is 1.21 bits per heavy atom. The molecule has 0 N–H and O–H groups in total. The number of ether oxygens (including phenoxy) is 1. The lowest BCUT2D eigenvalue weighted by atomic mass is 10.2. The maximum absolute atomic E-state index is 10.8. The third kappa shape index (κ3) is 3.62. The van der Waals surface area contributed by atoms with Crippen LogP contribution in [-0.2, 0) is 9.84 Å². The molecule has 4 heteroatoms. The zero-order chi connectivity index (χ0) is 10.6. The largest absolute Gasteiger partial charge is 0.497 e. The van der Waals surface area contributed by atoms with Gasteiger partial charge in [0.1, 0.15) is 5.75 Å². The number of benzene rings is 1. The van der Waals surface area contributed by atoms with Gasteiger partial charge in [-0.25, -0.2) is 8.42 Å². The lowest BCUT2D eigenvalue weighted by molar-refractivity contribution is 0.415. The van der Waals surface area contributed by atoms with E-state index in [2.05, 4.69) is 0 Å². The van der Waals surface area contributed by atoms with Crippen LogP contribution in [0.5, 0.6) is 5.75 Å². The molecule has 1 aromatic rings. The fourth-order valence-corrected chi connectivity index (χ4v) is 1.32. The first-order valence-electron chi connectivity index (χ1n) is 4.03. The standard InChI is InChI=1S/C10H12O3S/c1-13-10-5-3-9(4-6-10)7-8-14(2,11)12/h3-8H,1-2H3. The van der Waals surface area contributed by atoms with Gasteiger partial charge in [-0.1, -0.05) is 12.1 Å². The minimum atomic E-state index is -3.05. The summed E-state index contributed by atoms with van der Waals surface area (Å²) in [6.45, 7) is 0. The van der Waals surface area contributed by atoms with Crippen LogP contribution in [0.4, 0.5) is 0 Å². The Bertz CT molecular complexity index is 415. The fraction of sp³-hybridized carbons (Fsp3) is 0.200. The van der Waals surface area contributed by atoms with E-state index in [1.54, 1.807) is 37.5 Å². The van der Waals surface area contributed by atoms with Gasteiger partial charge in [-0.15, -0.1) is 0 Å². The quantitative estimate of drug-likeness (QED) is 0.766. The van der Waals surface area contributed by atoms with Crippen LogP contribution >= 0.6 is 0 Å². The monoisotopic (exact) mass is 212 g/mol. The molecule has 0 aliphatic rings. The third-order valence-electron chi connectivity index (χ3n) is 1.62. The summed E-state index contributed by atoms with van der Waals surface area (Å²) < 4.78 is 26.6. The second kappa shape index (κ2) is 4.28. The van der Waals surface area contributed by atoms with Gasteiger partial charge < -0.3 is 4.74 Å². The minimum Gasteiger partial charge on any atom is -0.497 e. The Labute approximate surface area is 83.9 Å². The molecule has 0 unspecified atom stereocenters. The van der Waals surface area contributed by atoms with Gasteiger partial charge in [0.2, 0.25) is 0 Å². The van der Waals surface area contributed by atoms with E-state index in [1.165, 1.54) is 5.41 Å². The van der Waals surface area contributed by atoms with Gasteiger partial charge in [-0.05, 0) is 23.8 Å². The first-order valence-corrected chi connectivity index (χ1v) is 5.99. The maximum atomic E-state index is 10.8. The van der Waals surface area contributed by atoms with Crippen LogP contribution in [0.3, 0.4) is 0 Å². The molecule has 1 aromatic carbocycles. The van der Waals surface area contributed by atoms with Crippen LogP contribution in [0.15, 0.2) is 29.7 Å². The smallest absolute Gasteiger partial charge is 0.168 e. The Kier molecular flexibility index (Phi) is 3.30. The van der Waals surface area contributed by atoms with E-state index in [9.17, 15) is 8.42 Å². The minimum absolute atomic E-state index is 0.751. The molecule has 0 bridgehead atoms. The zero-order valence-electron chi connectivity index (χ0n) is 8.10. The van der Waals surface area contributed by atoms with E-state index < -0.39 is 9.84 Å². The predicted molar refractivity (Wildman–Crippen MR) is 56.9 cm³/mol. The molecule has 14 heavy (non-hydrogen) atoms. The average Bonchev–Trinajstić information content (AvgIpc) is 2.14. The number of hydrogen-bond donors (Lipinski definition) is 0. The van der Waals surface area contributed by atoms with Crippen LogP contribution in [0, 0.1) is 0 Å². The Hall–Kier alpha value is -1.29. The predicted octanol–water partition coefficient (Wildman–Crippen LogP) is 1.71. The first-order chi connectivity index (χ1) is 6.51. The maximum Gasteiger partial charge on any atom is 0.168 e. The summed E-state index contributed by atoms with van der Waals surface area (Å²) in [5, 5.41) is 1.18. The summed E-state index contributed by atoms with van der Waals surface area (Å²) in [5.74, 6) is 0.751. The van der Waals surface area contributed by atoms with E-state index >= 15 is 0 Å². The van der Waals surface area contributed by atoms with Gasteiger partial charge in [0.05, 0.1) is 7.11 Å². The molecule has 1 rings (SSSR count). The summed E-state index contributed by atoms with van der Waals surface area (Å²) in [4.78, 5) is 0. The average molecular weight is 212 g/mol. The molecule has 0 fully saturated rings. The van der Waals surface area contributed by atoms with Crippen LogP contribution < -0.4 is 4.74 Å². The molecule has 0 aromatic heterocycles. The molecule has 3 nitrogen and oxygen atoms in total. The highest BCUT2D eigenvalue weighted by Gasteiger charge is 1.94. The number of rotatable bonds is 3. The normalized spacial score (nSPS) is 11.9. The Morgan fingerprint density at radius 3 is 2.21 bits per heavy atom. The van der Waals surface area contributed by atoms with Crippen molar-refractivity contribution in [2.24, 2.45) is 0 Å². The second-order valence-corrected chi connectivity index (χ2v) is 4.84. The van der Waals surface area contributed by atoms with Crippen molar-refractivity contribution in [1.82, 2.24) is 0 Å². The van der Waals surface area contributed by atoms with Gasteiger partial charge >= 0.3 is 0 Å². The molecule has 0 saturated carbocycles. The molecule has 0 atom stereocenters. The Balaban J connectivity index is 2.84. The van der Waals surface area contributed by atoms with Gasteiger partial charge in [-0.3, -0.25) is 0 Å². The molecule has 0 spiro atoms. The molecular weight excluding hydrogens is 200 g/mol. The third-order valence-corrected chi connectivity index (χ3v) is 2.25. The van der Waals surface area contributed by atoms with Crippen molar-refractivity contribution < 1.29 is 13.2 Å². The van der Waals surface area contributed by atoms with Crippen molar-refractivity contribution in [2.45, 2.75) is 0 Å². The lowest BCUT2D eigenvalue weighted by Gasteiger charge is -1.98. The molecule has 76 valence electrons. The van der Waals surface area contributed by atoms with Crippen molar-refractivity contribution in [3.05, 3.63) is 35.2 Å². The van der Waals surface area contributed by atoms with Gasteiger partial charge in [0.15, 0.2) is 9.84 Å². The van der Waals surface area contributed by atoms with Crippen LogP contribution in [0.1, 0.15) is 5.56 Å². The number of sulfone groups is 1. The number of hydrogen-bond acceptors (Lipinski definition) is 3. The first kappa shape index (κ1) is 10.8. The molecule has 0 aliphatic carbocycles. The van der Waals surface area contributed by atoms with Gasteiger partial charge in [0.25, 0.3) is 0 Å². The van der Waals surface area contributed by atoms with Crippen LogP contribution in [0.2, 0.25) is 0 Å². The van der Waals surface area contributed by atoms with Crippen LogP contribution in [0.25, 0.3) is 6.08 Å². The second-order valence-electron chi connectivity index (χ2n) is 2.91. The van der Waals surface area contributed by atoms with E-state index in [1.807, 2.05) is 0 Å². The van der Waals surface area contributed by atoms with Crippen molar-refractivity contribution in [2.75, 3.05) is 13.4 Å². The van der Waals surface area contributed by atoms with Gasteiger partial charge in [0, 0.05) is 11.7 Å². The van der Waals surface area contributed by atoms with Crippen LogP contribution in [-0.4, -0.2) is 21.8 Å². The molecule has 0 heterocycles. The SMILES string of the molecule is COc1ccc(C=CS(C)(=O)=O)cc1. The highest BCUT2D eigenvalue weighted by Crippen LogP contribution is 2.12. The summed E-state index contributed by atoms with van der Waals surface area (Å²) in [7, 11) is -1.47. The van der Waals surface area contributed by atoms with Crippen molar-refractivity contribution in [3.8, 4) is 5.75 Å².